The molecule has 0 aliphatic heterocycles. The molecule has 0 aliphatic carbocycles. The van der Waals surface area contributed by atoms with Gasteiger partial charge in [0, 0.05) is 0 Å². The molecule has 0 saturated heterocycles. The molecule has 0 unspecified atom stereocenters. The number of benzene rings is 2. The smallest absolute Gasteiger partial charge is 0.0855 e. The zero-order valence-corrected chi connectivity index (χ0v) is 11.6. The number of aryl methyl sites for hydroxylation is 2. The van der Waals surface area contributed by atoms with E-state index in [1.807, 2.05) is 12.1 Å². The van der Waals surface area contributed by atoms with Gasteiger partial charge in [-0.1, -0.05) is 50.2 Å². The number of hydrogen-bond donors (Lipinski definition) is 0. The lowest BCUT2D eigenvalue weighted by Gasteiger charge is -2.00. The van der Waals surface area contributed by atoms with E-state index in [1.165, 1.54) is 16.7 Å². The standard InChI is InChI=1S/C17H20N2/c1-3-14-7-5-9-16(11-14)13-18-19-17-10-6-8-15(4-2)12-17/h5-12H,3-4,13H2,1-2H3. The quantitative estimate of drug-likeness (QED) is 0.662. The van der Waals surface area contributed by atoms with Crippen LogP contribution in [0.25, 0.3) is 0 Å². The molecule has 0 fully saturated rings. The third kappa shape index (κ3) is 4.02. The first-order valence-corrected chi connectivity index (χ1v) is 6.86. The van der Waals surface area contributed by atoms with Crippen molar-refractivity contribution in [3.8, 4) is 0 Å². The van der Waals surface area contributed by atoms with Crippen LogP contribution in [0.15, 0.2) is 58.8 Å². The molecule has 19 heavy (non-hydrogen) atoms. The molecule has 0 aliphatic rings. The summed E-state index contributed by atoms with van der Waals surface area (Å²) in [6.45, 7) is 4.95. The fourth-order valence-electron chi connectivity index (χ4n) is 1.99. The number of nitrogens with zero attached hydrogens (tertiary/aromatic N) is 2. The van der Waals surface area contributed by atoms with Gasteiger partial charge in [0.05, 0.1) is 12.2 Å². The van der Waals surface area contributed by atoms with Gasteiger partial charge >= 0.3 is 0 Å². The summed E-state index contributed by atoms with van der Waals surface area (Å²) in [5.41, 5.74) is 4.80. The van der Waals surface area contributed by atoms with Gasteiger partial charge in [0.1, 0.15) is 0 Å². The van der Waals surface area contributed by atoms with Crippen LogP contribution in [0.3, 0.4) is 0 Å². The second-order valence-corrected chi connectivity index (χ2v) is 4.60. The molecule has 2 nitrogen and oxygen atoms in total. The third-order valence-electron chi connectivity index (χ3n) is 3.16. The Labute approximate surface area is 115 Å². The molecule has 0 amide bonds. The van der Waals surface area contributed by atoms with Crippen LogP contribution in [0.1, 0.15) is 30.5 Å². The first-order chi connectivity index (χ1) is 9.31. The van der Waals surface area contributed by atoms with E-state index in [1.54, 1.807) is 0 Å². The normalized spacial score (nSPS) is 11.1. The van der Waals surface area contributed by atoms with Gasteiger partial charge in [-0.15, -0.1) is 0 Å². The minimum Gasteiger partial charge on any atom is -0.184 e. The van der Waals surface area contributed by atoms with Crippen molar-refractivity contribution < 1.29 is 0 Å². The van der Waals surface area contributed by atoms with Crippen LogP contribution >= 0.6 is 0 Å². The molecule has 0 aromatic heterocycles. The Morgan fingerprint density at radius 3 is 2.16 bits per heavy atom. The molecule has 98 valence electrons. The van der Waals surface area contributed by atoms with Crippen molar-refractivity contribution in [2.75, 3.05) is 0 Å². The van der Waals surface area contributed by atoms with Crippen molar-refractivity contribution in [1.29, 1.82) is 0 Å². The van der Waals surface area contributed by atoms with Crippen LogP contribution < -0.4 is 0 Å². The molecule has 2 aromatic carbocycles. The van der Waals surface area contributed by atoms with E-state index < -0.39 is 0 Å². The molecule has 0 spiro atoms. The van der Waals surface area contributed by atoms with E-state index in [2.05, 4.69) is 60.5 Å². The van der Waals surface area contributed by atoms with Crippen molar-refractivity contribution in [3.05, 3.63) is 65.2 Å². The predicted molar refractivity (Wildman–Crippen MR) is 79.9 cm³/mol. The zero-order valence-electron chi connectivity index (χ0n) is 11.6. The lowest BCUT2D eigenvalue weighted by atomic mass is 10.1. The molecular weight excluding hydrogens is 232 g/mol. The Balaban J connectivity index is 2.02. The van der Waals surface area contributed by atoms with Crippen LogP contribution in [0.5, 0.6) is 0 Å². The summed E-state index contributed by atoms with van der Waals surface area (Å²) in [7, 11) is 0. The molecule has 0 N–H and O–H groups in total. The second-order valence-electron chi connectivity index (χ2n) is 4.60. The highest BCUT2D eigenvalue weighted by atomic mass is 15.1. The summed E-state index contributed by atoms with van der Waals surface area (Å²) in [5, 5.41) is 8.58. The summed E-state index contributed by atoms with van der Waals surface area (Å²) in [6.07, 6.45) is 2.09. The Bertz CT molecular complexity index is 559. The number of hydrogen-bond acceptors (Lipinski definition) is 2. The molecule has 2 heteroatoms. The maximum absolute atomic E-state index is 4.29. The van der Waals surface area contributed by atoms with Gasteiger partial charge < -0.3 is 0 Å². The lowest BCUT2D eigenvalue weighted by molar-refractivity contribution is 0.951. The minimum atomic E-state index is 0.643. The van der Waals surface area contributed by atoms with Crippen molar-refractivity contribution in [2.24, 2.45) is 10.2 Å². The zero-order chi connectivity index (χ0) is 13.5. The van der Waals surface area contributed by atoms with Crippen molar-refractivity contribution in [3.63, 3.8) is 0 Å². The Kier molecular flexibility index (Phi) is 4.85. The summed E-state index contributed by atoms with van der Waals surface area (Å²) in [4.78, 5) is 0. The lowest BCUT2D eigenvalue weighted by Crippen LogP contribution is -1.84. The van der Waals surface area contributed by atoms with Gasteiger partial charge in [0.25, 0.3) is 0 Å². The summed E-state index contributed by atoms with van der Waals surface area (Å²) in [5.74, 6) is 0. The number of azo groups is 1. The average Bonchev–Trinajstić information content (AvgIpc) is 2.48. The van der Waals surface area contributed by atoms with Crippen molar-refractivity contribution >= 4 is 5.69 Å². The summed E-state index contributed by atoms with van der Waals surface area (Å²) >= 11 is 0. The van der Waals surface area contributed by atoms with E-state index in [9.17, 15) is 0 Å². The van der Waals surface area contributed by atoms with E-state index >= 15 is 0 Å². The van der Waals surface area contributed by atoms with Crippen LogP contribution in [0.2, 0.25) is 0 Å². The van der Waals surface area contributed by atoms with Crippen LogP contribution in [-0.2, 0) is 19.4 Å². The predicted octanol–water partition coefficient (Wildman–Crippen LogP) is 5.10. The minimum absolute atomic E-state index is 0.643. The Hall–Kier alpha value is -1.96. The fraction of sp³-hybridized carbons (Fsp3) is 0.294. The van der Waals surface area contributed by atoms with E-state index in [0.717, 1.165) is 18.5 Å². The summed E-state index contributed by atoms with van der Waals surface area (Å²) in [6, 6.07) is 16.8. The second kappa shape index (κ2) is 6.83. The first-order valence-electron chi connectivity index (χ1n) is 6.86. The van der Waals surface area contributed by atoms with Gasteiger partial charge in [-0.05, 0) is 41.7 Å². The highest BCUT2D eigenvalue weighted by molar-refractivity contribution is 5.39. The van der Waals surface area contributed by atoms with Crippen molar-refractivity contribution in [1.82, 2.24) is 0 Å². The molecule has 0 bridgehead atoms. The van der Waals surface area contributed by atoms with Gasteiger partial charge in [0.15, 0.2) is 0 Å². The maximum atomic E-state index is 4.29. The topological polar surface area (TPSA) is 24.7 Å². The maximum Gasteiger partial charge on any atom is 0.0855 e. The molecule has 0 saturated carbocycles. The van der Waals surface area contributed by atoms with Crippen LogP contribution in [0.4, 0.5) is 5.69 Å². The van der Waals surface area contributed by atoms with E-state index in [4.69, 9.17) is 0 Å². The highest BCUT2D eigenvalue weighted by Crippen LogP contribution is 2.16. The SMILES string of the molecule is CCc1cccc(CN=Nc2cccc(CC)c2)c1. The molecule has 0 heterocycles. The van der Waals surface area contributed by atoms with Crippen molar-refractivity contribution in [2.45, 2.75) is 33.2 Å². The highest BCUT2D eigenvalue weighted by Gasteiger charge is 1.95. The summed E-state index contributed by atoms with van der Waals surface area (Å²) < 4.78 is 0. The van der Waals surface area contributed by atoms with E-state index in [-0.39, 0.29) is 0 Å². The molecule has 0 atom stereocenters. The number of rotatable bonds is 5. The molecule has 2 aromatic rings. The van der Waals surface area contributed by atoms with Gasteiger partial charge in [0.2, 0.25) is 0 Å². The fourth-order valence-corrected chi connectivity index (χ4v) is 1.99. The third-order valence-corrected chi connectivity index (χ3v) is 3.16. The van der Waals surface area contributed by atoms with Crippen LogP contribution in [0, 0.1) is 0 Å². The van der Waals surface area contributed by atoms with E-state index in [0.29, 0.717) is 6.54 Å². The monoisotopic (exact) mass is 252 g/mol. The largest absolute Gasteiger partial charge is 0.184 e. The molecule has 0 radical (unpaired) electrons. The Morgan fingerprint density at radius 1 is 0.789 bits per heavy atom. The van der Waals surface area contributed by atoms with Gasteiger partial charge in [-0.2, -0.15) is 10.2 Å². The van der Waals surface area contributed by atoms with Crippen LogP contribution in [-0.4, -0.2) is 0 Å². The van der Waals surface area contributed by atoms with Gasteiger partial charge in [-0.25, -0.2) is 0 Å². The molecular formula is C17H20N2. The van der Waals surface area contributed by atoms with Gasteiger partial charge in [-0.3, -0.25) is 0 Å². The molecule has 2 rings (SSSR count). The Morgan fingerprint density at radius 2 is 1.42 bits per heavy atom. The first kappa shape index (κ1) is 13.5. The average molecular weight is 252 g/mol.